The molecule has 1 aliphatic heterocycles. The van der Waals surface area contributed by atoms with E-state index in [0.717, 1.165) is 19.6 Å². The predicted octanol–water partition coefficient (Wildman–Crippen LogP) is 0.558. The van der Waals surface area contributed by atoms with Gasteiger partial charge < -0.3 is 10.1 Å². The van der Waals surface area contributed by atoms with E-state index in [9.17, 15) is 14.8 Å². The Morgan fingerprint density at radius 3 is 2.68 bits per heavy atom. The van der Waals surface area contributed by atoms with Gasteiger partial charge in [0, 0.05) is 13.1 Å². The molecule has 1 saturated heterocycles. The molecule has 0 amide bonds. The third-order valence-corrected chi connectivity index (χ3v) is 4.46. The fraction of sp³-hybridized carbons (Fsp3) is 0.500. The number of hydrogen-bond donors (Lipinski definition) is 1. The van der Waals surface area contributed by atoms with Gasteiger partial charge in [-0.25, -0.2) is 4.79 Å². The van der Waals surface area contributed by atoms with Crippen LogP contribution in [0.15, 0.2) is 21.0 Å². The van der Waals surface area contributed by atoms with Gasteiger partial charge in [0.15, 0.2) is 0 Å². The summed E-state index contributed by atoms with van der Waals surface area (Å²) in [6.45, 7) is 3.37. The van der Waals surface area contributed by atoms with Crippen LogP contribution in [0.5, 0.6) is 0 Å². The molecule has 19 heavy (non-hydrogen) atoms. The Balaban J connectivity index is 2.00. The summed E-state index contributed by atoms with van der Waals surface area (Å²) in [5, 5.41) is 11.3. The van der Waals surface area contributed by atoms with E-state index in [1.54, 1.807) is 11.4 Å². The molecular weight excluding hydrogens is 266 g/mol. The van der Waals surface area contributed by atoms with Gasteiger partial charge in [0.1, 0.15) is 4.70 Å². The predicted molar refractivity (Wildman–Crippen MR) is 73.2 cm³/mol. The third-order valence-electron chi connectivity index (χ3n) is 3.57. The maximum Gasteiger partial charge on any atom is 0.365 e. The van der Waals surface area contributed by atoms with Crippen LogP contribution >= 0.6 is 11.3 Å². The Hall–Kier alpha value is -1.60. The zero-order valence-electron chi connectivity index (χ0n) is 10.4. The fourth-order valence-electron chi connectivity index (χ4n) is 2.54. The number of likely N-dealkylation sites (tertiary alicyclic amines) is 1. The molecule has 1 aliphatic rings. The highest BCUT2D eigenvalue weighted by Crippen LogP contribution is 2.15. The highest BCUT2D eigenvalue weighted by atomic mass is 32.1. The maximum absolute atomic E-state index is 12.0. The summed E-state index contributed by atoms with van der Waals surface area (Å²) in [5.41, 5.74) is -0.674. The molecule has 0 atom stereocenters. The number of aromatic nitrogens is 2. The number of rotatable bonds is 3. The van der Waals surface area contributed by atoms with Crippen molar-refractivity contribution >= 4 is 21.6 Å². The van der Waals surface area contributed by atoms with Crippen LogP contribution in [0.25, 0.3) is 10.2 Å². The summed E-state index contributed by atoms with van der Waals surface area (Å²) < 4.78 is 2.11. The number of hydrogen-bond acceptors (Lipinski definition) is 5. The van der Waals surface area contributed by atoms with Crippen LogP contribution in [0.4, 0.5) is 0 Å². The Kier molecular flexibility index (Phi) is 3.16. The largest absolute Gasteiger partial charge is 0.421 e. The second-order valence-corrected chi connectivity index (χ2v) is 5.65. The van der Waals surface area contributed by atoms with Gasteiger partial charge in [0.05, 0.1) is 5.52 Å². The summed E-state index contributed by atoms with van der Waals surface area (Å²) in [7, 11) is 0. The first-order chi connectivity index (χ1) is 9.18. The van der Waals surface area contributed by atoms with E-state index in [-0.39, 0.29) is 4.73 Å². The average molecular weight is 281 g/mol. The Morgan fingerprint density at radius 1 is 1.21 bits per heavy atom. The Bertz CT molecular complexity index is 709. The van der Waals surface area contributed by atoms with Crippen molar-refractivity contribution in [3.05, 3.63) is 32.3 Å². The van der Waals surface area contributed by atoms with Gasteiger partial charge in [-0.3, -0.25) is 9.36 Å². The molecule has 0 spiro atoms. The van der Waals surface area contributed by atoms with Gasteiger partial charge in [0.25, 0.3) is 0 Å². The van der Waals surface area contributed by atoms with Crippen molar-refractivity contribution in [2.75, 3.05) is 19.6 Å². The average Bonchev–Trinajstić information content (AvgIpc) is 3.06. The van der Waals surface area contributed by atoms with Crippen molar-refractivity contribution in [3.8, 4) is 0 Å². The maximum atomic E-state index is 12.0. The van der Waals surface area contributed by atoms with E-state index < -0.39 is 11.2 Å². The molecular formula is C12H15N3O3S. The van der Waals surface area contributed by atoms with Crippen LogP contribution in [0.3, 0.4) is 0 Å². The molecule has 6 nitrogen and oxygen atoms in total. The van der Waals surface area contributed by atoms with Crippen LogP contribution in [-0.4, -0.2) is 39.0 Å². The molecule has 0 bridgehead atoms. The molecule has 0 radical (unpaired) electrons. The molecule has 2 aromatic rings. The minimum Gasteiger partial charge on any atom is -0.421 e. The van der Waals surface area contributed by atoms with Crippen LogP contribution in [0.2, 0.25) is 0 Å². The van der Waals surface area contributed by atoms with Gasteiger partial charge >= 0.3 is 11.2 Å². The van der Waals surface area contributed by atoms with Gasteiger partial charge in [-0.15, -0.1) is 11.3 Å². The molecule has 0 aliphatic carbocycles. The summed E-state index contributed by atoms with van der Waals surface area (Å²) in [4.78, 5) is 26.0. The standard InChI is InChI=1S/C12H15N3O3S/c16-11-10-9(3-8-19-10)14(12(17)15(11)18)7-6-13-4-1-2-5-13/h3,8,18H,1-2,4-7H2. The van der Waals surface area contributed by atoms with E-state index in [1.165, 1.54) is 28.7 Å². The first-order valence-electron chi connectivity index (χ1n) is 6.33. The zero-order valence-corrected chi connectivity index (χ0v) is 11.2. The number of nitrogens with zero attached hydrogens (tertiary/aromatic N) is 3. The minimum atomic E-state index is -0.657. The van der Waals surface area contributed by atoms with Crippen molar-refractivity contribution in [3.63, 3.8) is 0 Å². The molecule has 7 heteroatoms. The first kappa shape index (κ1) is 12.4. The van der Waals surface area contributed by atoms with E-state index >= 15 is 0 Å². The highest BCUT2D eigenvalue weighted by Gasteiger charge is 2.16. The quantitative estimate of drug-likeness (QED) is 0.835. The van der Waals surface area contributed by atoms with E-state index in [4.69, 9.17) is 0 Å². The third kappa shape index (κ3) is 2.08. The Morgan fingerprint density at radius 2 is 1.95 bits per heavy atom. The smallest absolute Gasteiger partial charge is 0.365 e. The first-order valence-corrected chi connectivity index (χ1v) is 7.21. The van der Waals surface area contributed by atoms with E-state index in [1.807, 2.05) is 0 Å². The second kappa shape index (κ2) is 4.82. The molecule has 0 unspecified atom stereocenters. The molecule has 0 saturated carbocycles. The van der Waals surface area contributed by atoms with Gasteiger partial charge in [0.2, 0.25) is 0 Å². The fourth-order valence-corrected chi connectivity index (χ4v) is 3.36. The zero-order chi connectivity index (χ0) is 13.4. The molecule has 102 valence electrons. The summed E-state index contributed by atoms with van der Waals surface area (Å²) >= 11 is 1.24. The second-order valence-electron chi connectivity index (χ2n) is 4.73. The lowest BCUT2D eigenvalue weighted by Crippen LogP contribution is -2.40. The topological polar surface area (TPSA) is 67.5 Å². The van der Waals surface area contributed by atoms with Crippen LogP contribution < -0.4 is 11.2 Å². The Labute approximate surface area is 113 Å². The van der Waals surface area contributed by atoms with Crippen molar-refractivity contribution in [1.82, 2.24) is 14.2 Å². The lowest BCUT2D eigenvalue weighted by atomic mass is 10.4. The molecule has 2 aromatic heterocycles. The highest BCUT2D eigenvalue weighted by molar-refractivity contribution is 7.17. The van der Waals surface area contributed by atoms with E-state index in [2.05, 4.69) is 4.90 Å². The normalized spacial score (nSPS) is 16.4. The molecule has 3 rings (SSSR count). The SMILES string of the molecule is O=c1c2sccc2n(CCN2CCCC2)c(=O)n1O. The molecule has 3 heterocycles. The summed E-state index contributed by atoms with van der Waals surface area (Å²) in [6, 6.07) is 1.76. The molecule has 0 aromatic carbocycles. The van der Waals surface area contributed by atoms with E-state index in [0.29, 0.717) is 16.8 Å². The van der Waals surface area contributed by atoms with Crippen LogP contribution in [0.1, 0.15) is 12.8 Å². The number of thiophene rings is 1. The number of fused-ring (bicyclic) bond motifs is 1. The van der Waals surface area contributed by atoms with Crippen molar-refractivity contribution < 1.29 is 5.21 Å². The van der Waals surface area contributed by atoms with Crippen molar-refractivity contribution in [2.45, 2.75) is 19.4 Å². The van der Waals surface area contributed by atoms with Crippen LogP contribution in [-0.2, 0) is 6.54 Å². The summed E-state index contributed by atoms with van der Waals surface area (Å²) in [6.07, 6.45) is 2.39. The summed E-state index contributed by atoms with van der Waals surface area (Å²) in [5.74, 6) is 0. The lowest BCUT2D eigenvalue weighted by Gasteiger charge is -2.16. The molecule has 1 N–H and O–H groups in total. The van der Waals surface area contributed by atoms with Crippen LogP contribution in [0, 0.1) is 0 Å². The van der Waals surface area contributed by atoms with Crippen molar-refractivity contribution in [1.29, 1.82) is 0 Å². The van der Waals surface area contributed by atoms with Crippen molar-refractivity contribution in [2.24, 2.45) is 0 Å². The molecule has 1 fully saturated rings. The van der Waals surface area contributed by atoms with Gasteiger partial charge in [-0.2, -0.15) is 0 Å². The van der Waals surface area contributed by atoms with Gasteiger partial charge in [-0.1, -0.05) is 4.73 Å². The lowest BCUT2D eigenvalue weighted by molar-refractivity contribution is 0.156. The van der Waals surface area contributed by atoms with Gasteiger partial charge in [-0.05, 0) is 37.4 Å². The monoisotopic (exact) mass is 281 g/mol. The minimum absolute atomic E-state index is 0.211.